The van der Waals surface area contributed by atoms with E-state index in [0.29, 0.717) is 0 Å². The van der Waals surface area contributed by atoms with Crippen molar-refractivity contribution in [3.8, 4) is 0 Å². The van der Waals surface area contributed by atoms with Gasteiger partial charge in [0.2, 0.25) is 5.91 Å². The third-order valence-electron chi connectivity index (χ3n) is 3.04. The fourth-order valence-electron chi connectivity index (χ4n) is 2.01. The Bertz CT molecular complexity index is 407. The Balaban J connectivity index is 1.91. The van der Waals surface area contributed by atoms with E-state index in [1.807, 2.05) is 31.2 Å². The predicted molar refractivity (Wildman–Crippen MR) is 72.2 cm³/mol. The predicted octanol–water partition coefficient (Wildman–Crippen LogP) is 1.77. The van der Waals surface area contributed by atoms with Crippen LogP contribution in [0.5, 0.6) is 0 Å². The molecule has 1 heterocycles. The van der Waals surface area contributed by atoms with Gasteiger partial charge < -0.3 is 5.32 Å². The van der Waals surface area contributed by atoms with Crippen molar-refractivity contribution in [3.63, 3.8) is 0 Å². The molecule has 1 aliphatic rings. The Morgan fingerprint density at radius 2 is 2.11 bits per heavy atom. The highest BCUT2D eigenvalue weighted by Crippen LogP contribution is 2.23. The Morgan fingerprint density at radius 1 is 1.39 bits per heavy atom. The van der Waals surface area contributed by atoms with Gasteiger partial charge in [-0.3, -0.25) is 4.79 Å². The average molecular weight is 268 g/mol. The van der Waals surface area contributed by atoms with Gasteiger partial charge in [-0.15, -0.1) is 0 Å². The standard InChI is InChI=1S/C13H18ClN3O/c1-2-7-15-13(18)12-8-11(16-17-12)9-3-5-10(14)6-4-9/h3-6,11-12,16-17H,2,7-8H2,1H3,(H,15,18). The quantitative estimate of drug-likeness (QED) is 0.779. The molecule has 0 radical (unpaired) electrons. The van der Waals surface area contributed by atoms with Crippen molar-refractivity contribution in [1.82, 2.24) is 16.2 Å². The van der Waals surface area contributed by atoms with Crippen LogP contribution in [0, 0.1) is 0 Å². The van der Waals surface area contributed by atoms with Crippen LogP contribution < -0.4 is 16.2 Å². The summed E-state index contributed by atoms with van der Waals surface area (Å²) in [5.41, 5.74) is 7.32. The lowest BCUT2D eigenvalue weighted by Crippen LogP contribution is -2.43. The number of halogens is 1. The molecule has 2 unspecified atom stereocenters. The average Bonchev–Trinajstić information content (AvgIpc) is 2.86. The molecular weight excluding hydrogens is 250 g/mol. The highest BCUT2D eigenvalue weighted by atomic mass is 35.5. The van der Waals surface area contributed by atoms with Gasteiger partial charge >= 0.3 is 0 Å². The van der Waals surface area contributed by atoms with Crippen molar-refractivity contribution in [2.75, 3.05) is 6.54 Å². The monoisotopic (exact) mass is 267 g/mol. The van der Waals surface area contributed by atoms with E-state index in [1.54, 1.807) is 0 Å². The molecule has 18 heavy (non-hydrogen) atoms. The van der Waals surface area contributed by atoms with Crippen LogP contribution in [0.2, 0.25) is 5.02 Å². The summed E-state index contributed by atoms with van der Waals surface area (Å²) in [6.45, 7) is 2.76. The molecule has 4 nitrogen and oxygen atoms in total. The largest absolute Gasteiger partial charge is 0.355 e. The number of hydrogen-bond donors (Lipinski definition) is 3. The number of hydrogen-bond acceptors (Lipinski definition) is 3. The Morgan fingerprint density at radius 3 is 2.78 bits per heavy atom. The van der Waals surface area contributed by atoms with E-state index in [0.717, 1.165) is 30.0 Å². The second-order valence-corrected chi connectivity index (χ2v) is 4.91. The molecule has 1 aromatic rings. The molecule has 1 saturated heterocycles. The number of rotatable bonds is 4. The maximum absolute atomic E-state index is 11.8. The molecule has 1 fully saturated rings. The van der Waals surface area contributed by atoms with Crippen molar-refractivity contribution >= 4 is 17.5 Å². The van der Waals surface area contributed by atoms with Crippen molar-refractivity contribution in [2.24, 2.45) is 0 Å². The smallest absolute Gasteiger partial charge is 0.238 e. The highest BCUT2D eigenvalue weighted by Gasteiger charge is 2.29. The molecule has 0 saturated carbocycles. The molecule has 0 spiro atoms. The van der Waals surface area contributed by atoms with Crippen molar-refractivity contribution in [3.05, 3.63) is 34.9 Å². The van der Waals surface area contributed by atoms with Gasteiger partial charge in [0.15, 0.2) is 0 Å². The summed E-state index contributed by atoms with van der Waals surface area (Å²) in [6.07, 6.45) is 1.70. The fourth-order valence-corrected chi connectivity index (χ4v) is 2.14. The summed E-state index contributed by atoms with van der Waals surface area (Å²) in [6, 6.07) is 7.67. The maximum atomic E-state index is 11.8. The van der Waals surface area contributed by atoms with Crippen LogP contribution in [-0.4, -0.2) is 18.5 Å². The third kappa shape index (κ3) is 3.22. The van der Waals surface area contributed by atoms with E-state index in [9.17, 15) is 4.79 Å². The molecule has 1 amide bonds. The first-order valence-electron chi connectivity index (χ1n) is 6.25. The van der Waals surface area contributed by atoms with Crippen molar-refractivity contribution in [1.29, 1.82) is 0 Å². The minimum absolute atomic E-state index is 0.0563. The first kappa shape index (κ1) is 13.3. The van der Waals surface area contributed by atoms with Crippen LogP contribution >= 0.6 is 11.6 Å². The van der Waals surface area contributed by atoms with Gasteiger partial charge in [-0.05, 0) is 30.5 Å². The zero-order chi connectivity index (χ0) is 13.0. The lowest BCUT2D eigenvalue weighted by molar-refractivity contribution is -0.122. The van der Waals surface area contributed by atoms with E-state index in [-0.39, 0.29) is 18.0 Å². The van der Waals surface area contributed by atoms with Crippen molar-refractivity contribution < 1.29 is 4.79 Å². The number of amides is 1. The van der Waals surface area contributed by atoms with E-state index in [2.05, 4.69) is 16.2 Å². The molecule has 0 bridgehead atoms. The number of carbonyl (C=O) groups is 1. The minimum atomic E-state index is -0.169. The van der Waals surface area contributed by atoms with E-state index in [1.165, 1.54) is 0 Å². The van der Waals surface area contributed by atoms with Crippen LogP contribution in [0.3, 0.4) is 0 Å². The number of carbonyl (C=O) groups excluding carboxylic acids is 1. The number of nitrogens with one attached hydrogen (secondary N) is 3. The van der Waals surface area contributed by atoms with Gasteiger partial charge in [0.25, 0.3) is 0 Å². The molecule has 3 N–H and O–H groups in total. The zero-order valence-electron chi connectivity index (χ0n) is 10.4. The Hall–Kier alpha value is -1.10. The molecule has 5 heteroatoms. The molecular formula is C13H18ClN3O. The molecule has 98 valence electrons. The maximum Gasteiger partial charge on any atom is 0.238 e. The van der Waals surface area contributed by atoms with E-state index < -0.39 is 0 Å². The topological polar surface area (TPSA) is 53.2 Å². The highest BCUT2D eigenvalue weighted by molar-refractivity contribution is 6.30. The summed E-state index contributed by atoms with van der Waals surface area (Å²) in [7, 11) is 0. The molecule has 1 aliphatic heterocycles. The van der Waals surface area contributed by atoms with Gasteiger partial charge in [-0.25, -0.2) is 10.9 Å². The Kier molecular flexibility index (Phi) is 4.58. The van der Waals surface area contributed by atoms with Crippen LogP contribution in [0.25, 0.3) is 0 Å². The molecule has 2 atom stereocenters. The van der Waals surface area contributed by atoms with Crippen LogP contribution in [-0.2, 0) is 4.79 Å². The fraction of sp³-hybridized carbons (Fsp3) is 0.462. The van der Waals surface area contributed by atoms with Gasteiger partial charge in [0.05, 0.1) is 0 Å². The SMILES string of the molecule is CCCNC(=O)C1CC(c2ccc(Cl)cc2)NN1. The molecule has 1 aromatic carbocycles. The molecule has 0 aliphatic carbocycles. The van der Waals surface area contributed by atoms with Crippen LogP contribution in [0.4, 0.5) is 0 Å². The minimum Gasteiger partial charge on any atom is -0.355 e. The lowest BCUT2D eigenvalue weighted by Gasteiger charge is -2.10. The first-order chi connectivity index (χ1) is 8.70. The second kappa shape index (κ2) is 6.18. The lowest BCUT2D eigenvalue weighted by atomic mass is 10.0. The normalized spacial score (nSPS) is 23.0. The van der Waals surface area contributed by atoms with Crippen LogP contribution in [0.1, 0.15) is 31.4 Å². The van der Waals surface area contributed by atoms with Gasteiger partial charge in [-0.1, -0.05) is 30.7 Å². The van der Waals surface area contributed by atoms with Gasteiger partial charge in [-0.2, -0.15) is 0 Å². The molecule has 2 rings (SSSR count). The number of hydrazine groups is 1. The van der Waals surface area contributed by atoms with Crippen molar-refractivity contribution in [2.45, 2.75) is 31.8 Å². The zero-order valence-corrected chi connectivity index (χ0v) is 11.1. The van der Waals surface area contributed by atoms with E-state index >= 15 is 0 Å². The van der Waals surface area contributed by atoms with Gasteiger partial charge in [0.1, 0.15) is 6.04 Å². The van der Waals surface area contributed by atoms with Gasteiger partial charge in [0, 0.05) is 17.6 Å². The summed E-state index contributed by atoms with van der Waals surface area (Å²) in [5.74, 6) is 0.0563. The van der Waals surface area contributed by atoms with E-state index in [4.69, 9.17) is 11.6 Å². The van der Waals surface area contributed by atoms with Crippen LogP contribution in [0.15, 0.2) is 24.3 Å². The summed E-state index contributed by atoms with van der Waals surface area (Å²) in [5, 5.41) is 3.62. The Labute approximate surface area is 112 Å². The summed E-state index contributed by atoms with van der Waals surface area (Å²) >= 11 is 5.85. The second-order valence-electron chi connectivity index (χ2n) is 4.47. The number of benzene rings is 1. The third-order valence-corrected chi connectivity index (χ3v) is 3.29. The summed E-state index contributed by atoms with van der Waals surface area (Å²) < 4.78 is 0. The first-order valence-corrected chi connectivity index (χ1v) is 6.62. The molecule has 0 aromatic heterocycles. The summed E-state index contributed by atoms with van der Waals surface area (Å²) in [4.78, 5) is 11.8.